The summed E-state index contributed by atoms with van der Waals surface area (Å²) in [5.41, 5.74) is 0.699. The number of rotatable bonds is 7. The van der Waals surface area contributed by atoms with Gasteiger partial charge in [0, 0.05) is 0 Å². The summed E-state index contributed by atoms with van der Waals surface area (Å²) in [6, 6.07) is 0. The number of aldehydes is 1. The van der Waals surface area contributed by atoms with E-state index in [1.807, 2.05) is 0 Å². The first kappa shape index (κ1) is 13.6. The van der Waals surface area contributed by atoms with Crippen LogP contribution in [0.4, 0.5) is 0 Å². The highest BCUT2D eigenvalue weighted by atomic mass is 31.2. The second-order valence-electron chi connectivity index (χ2n) is 2.75. The average molecular weight is 220 g/mol. The summed E-state index contributed by atoms with van der Waals surface area (Å²) in [5.74, 6) is 0. The van der Waals surface area contributed by atoms with Crippen molar-refractivity contribution in [2.24, 2.45) is 0 Å². The molecule has 0 amide bonds. The minimum absolute atomic E-state index is 0.174. The van der Waals surface area contributed by atoms with Crippen LogP contribution in [0.1, 0.15) is 20.8 Å². The number of carbonyl (C=O) groups is 1. The monoisotopic (exact) mass is 220 g/mol. The first-order valence-corrected chi connectivity index (χ1v) is 6.29. The van der Waals surface area contributed by atoms with Crippen molar-refractivity contribution in [2.75, 3.05) is 19.4 Å². The molecule has 14 heavy (non-hydrogen) atoms. The molecule has 0 bridgehead atoms. The molecule has 82 valence electrons. The Morgan fingerprint density at radius 2 is 1.79 bits per heavy atom. The Morgan fingerprint density at radius 1 is 1.29 bits per heavy atom. The molecule has 0 saturated carbocycles. The van der Waals surface area contributed by atoms with Crippen molar-refractivity contribution in [1.82, 2.24) is 0 Å². The third-order valence-corrected chi connectivity index (χ3v) is 3.64. The van der Waals surface area contributed by atoms with Crippen molar-refractivity contribution in [2.45, 2.75) is 20.8 Å². The van der Waals surface area contributed by atoms with Crippen molar-refractivity contribution < 1.29 is 18.4 Å². The lowest BCUT2D eigenvalue weighted by Crippen LogP contribution is -2.01. The van der Waals surface area contributed by atoms with Crippen LogP contribution in [0.15, 0.2) is 11.6 Å². The predicted octanol–water partition coefficient (Wildman–Crippen LogP) is 2.40. The van der Waals surface area contributed by atoms with Crippen LogP contribution < -0.4 is 0 Å². The van der Waals surface area contributed by atoms with E-state index in [-0.39, 0.29) is 6.16 Å². The lowest BCUT2D eigenvalue weighted by molar-refractivity contribution is -0.104. The van der Waals surface area contributed by atoms with Crippen LogP contribution in [0.3, 0.4) is 0 Å². The molecule has 0 unspecified atom stereocenters. The maximum absolute atomic E-state index is 11.9. The zero-order valence-electron chi connectivity index (χ0n) is 8.86. The van der Waals surface area contributed by atoms with Crippen molar-refractivity contribution >= 4 is 13.9 Å². The molecule has 0 heterocycles. The molecule has 0 aliphatic carbocycles. The molecule has 0 rings (SSSR count). The van der Waals surface area contributed by atoms with Crippen LogP contribution in [-0.4, -0.2) is 25.7 Å². The Bertz CT molecular complexity index is 237. The first-order valence-electron chi connectivity index (χ1n) is 4.57. The van der Waals surface area contributed by atoms with Gasteiger partial charge in [-0.3, -0.25) is 9.36 Å². The summed E-state index contributed by atoms with van der Waals surface area (Å²) >= 11 is 0. The van der Waals surface area contributed by atoms with Gasteiger partial charge in [0.2, 0.25) is 0 Å². The highest BCUT2D eigenvalue weighted by molar-refractivity contribution is 7.54. The highest BCUT2D eigenvalue weighted by Crippen LogP contribution is 2.49. The minimum atomic E-state index is -3.03. The average Bonchev–Trinajstić information content (AvgIpc) is 2.04. The molecule has 0 saturated heterocycles. The van der Waals surface area contributed by atoms with Crippen LogP contribution in [0.2, 0.25) is 0 Å². The van der Waals surface area contributed by atoms with Gasteiger partial charge in [-0.1, -0.05) is 5.57 Å². The summed E-state index contributed by atoms with van der Waals surface area (Å²) in [5, 5.41) is 0. The van der Waals surface area contributed by atoms with Gasteiger partial charge in [-0.15, -0.1) is 0 Å². The second-order valence-corrected chi connectivity index (χ2v) is 4.81. The standard InChI is InChI=1S/C9H17O4P/c1-4-12-14(11,13-5-2)8-9(3)6-7-10/h6-7H,4-5,8H2,1-3H3. The van der Waals surface area contributed by atoms with Gasteiger partial charge in [0.25, 0.3) is 0 Å². The van der Waals surface area contributed by atoms with Gasteiger partial charge in [0.1, 0.15) is 6.29 Å². The van der Waals surface area contributed by atoms with E-state index in [4.69, 9.17) is 9.05 Å². The van der Waals surface area contributed by atoms with Gasteiger partial charge in [0.05, 0.1) is 19.4 Å². The largest absolute Gasteiger partial charge is 0.334 e. The van der Waals surface area contributed by atoms with E-state index in [0.29, 0.717) is 25.1 Å². The molecule has 4 nitrogen and oxygen atoms in total. The number of hydrogen-bond acceptors (Lipinski definition) is 4. The minimum Gasteiger partial charge on any atom is -0.309 e. The molecule has 0 spiro atoms. The van der Waals surface area contributed by atoms with Crippen molar-refractivity contribution in [3.8, 4) is 0 Å². The summed E-state index contributed by atoms with van der Waals surface area (Å²) in [4.78, 5) is 10.2. The molecule has 0 atom stereocenters. The molecule has 0 aromatic rings. The fourth-order valence-corrected chi connectivity index (χ4v) is 2.76. The van der Waals surface area contributed by atoms with Gasteiger partial charge < -0.3 is 9.05 Å². The highest BCUT2D eigenvalue weighted by Gasteiger charge is 2.23. The van der Waals surface area contributed by atoms with Crippen molar-refractivity contribution in [3.05, 3.63) is 11.6 Å². The van der Waals surface area contributed by atoms with Gasteiger partial charge >= 0.3 is 7.60 Å². The van der Waals surface area contributed by atoms with Crippen LogP contribution in [-0.2, 0) is 18.4 Å². The molecule has 0 N–H and O–H groups in total. The second kappa shape index (κ2) is 6.93. The Kier molecular flexibility index (Phi) is 6.71. The molecule has 0 aromatic heterocycles. The SMILES string of the molecule is CCOP(=O)(CC(C)=CC=O)OCC. The van der Waals surface area contributed by atoms with Gasteiger partial charge in [-0.05, 0) is 26.8 Å². The fraction of sp³-hybridized carbons (Fsp3) is 0.667. The van der Waals surface area contributed by atoms with Crippen LogP contribution in [0, 0.1) is 0 Å². The van der Waals surface area contributed by atoms with Crippen molar-refractivity contribution in [1.29, 1.82) is 0 Å². The molecular formula is C9H17O4P. The molecule has 0 aliphatic heterocycles. The Morgan fingerprint density at radius 3 is 2.14 bits per heavy atom. The van der Waals surface area contributed by atoms with Crippen LogP contribution in [0.25, 0.3) is 0 Å². The maximum atomic E-state index is 11.9. The number of carbonyl (C=O) groups excluding carboxylic acids is 1. The molecule has 0 fully saturated rings. The quantitative estimate of drug-likeness (QED) is 0.375. The van der Waals surface area contributed by atoms with Crippen LogP contribution in [0.5, 0.6) is 0 Å². The summed E-state index contributed by atoms with van der Waals surface area (Å²) < 4.78 is 22.0. The normalized spacial score (nSPS) is 12.9. The molecular weight excluding hydrogens is 203 g/mol. The molecule has 0 radical (unpaired) electrons. The molecule has 5 heteroatoms. The predicted molar refractivity (Wildman–Crippen MR) is 55.5 cm³/mol. The van der Waals surface area contributed by atoms with Gasteiger partial charge in [0.15, 0.2) is 0 Å². The maximum Gasteiger partial charge on any atom is 0.334 e. The van der Waals surface area contributed by atoms with E-state index in [1.165, 1.54) is 6.08 Å². The summed E-state index contributed by atoms with van der Waals surface area (Å²) in [6.45, 7) is 5.91. The van der Waals surface area contributed by atoms with E-state index in [1.54, 1.807) is 20.8 Å². The lowest BCUT2D eigenvalue weighted by Gasteiger charge is -2.16. The number of hydrogen-bond donors (Lipinski definition) is 0. The smallest absolute Gasteiger partial charge is 0.309 e. The lowest BCUT2D eigenvalue weighted by atomic mass is 10.3. The first-order chi connectivity index (χ1) is 6.58. The third kappa shape index (κ3) is 5.32. The van der Waals surface area contributed by atoms with E-state index in [2.05, 4.69) is 0 Å². The molecule has 0 aliphatic rings. The van der Waals surface area contributed by atoms with E-state index in [9.17, 15) is 9.36 Å². The van der Waals surface area contributed by atoms with Gasteiger partial charge in [-0.2, -0.15) is 0 Å². The van der Waals surface area contributed by atoms with E-state index < -0.39 is 7.60 Å². The van der Waals surface area contributed by atoms with Gasteiger partial charge in [-0.25, -0.2) is 0 Å². The van der Waals surface area contributed by atoms with E-state index in [0.717, 1.165) is 0 Å². The summed E-state index contributed by atoms with van der Waals surface area (Å²) in [6.07, 6.45) is 2.20. The molecule has 0 aromatic carbocycles. The van der Waals surface area contributed by atoms with E-state index >= 15 is 0 Å². The Hall–Kier alpha value is -0.440. The zero-order chi connectivity index (χ0) is 11.0. The Balaban J connectivity index is 4.43. The fourth-order valence-electron chi connectivity index (χ4n) is 0.996. The topological polar surface area (TPSA) is 52.6 Å². The van der Waals surface area contributed by atoms with Crippen molar-refractivity contribution in [3.63, 3.8) is 0 Å². The third-order valence-electron chi connectivity index (χ3n) is 1.45. The van der Waals surface area contributed by atoms with Crippen LogP contribution >= 0.6 is 7.60 Å². The Labute approximate surface area is 84.8 Å². The zero-order valence-corrected chi connectivity index (χ0v) is 9.75. The summed E-state index contributed by atoms with van der Waals surface area (Å²) in [7, 11) is -3.03. The number of allylic oxidation sites excluding steroid dienone is 2.